The van der Waals surface area contributed by atoms with Gasteiger partial charge in [-0.25, -0.2) is 4.98 Å². The van der Waals surface area contributed by atoms with Crippen molar-refractivity contribution in [3.8, 4) is 0 Å². The summed E-state index contributed by atoms with van der Waals surface area (Å²) in [5.74, 6) is -0.435. The Hall–Kier alpha value is -1.14. The molecule has 0 bridgehead atoms. The first-order valence-corrected chi connectivity index (χ1v) is 9.01. The smallest absolute Gasteiger partial charge is 0.233 e. The summed E-state index contributed by atoms with van der Waals surface area (Å²) in [4.78, 5) is 16.7. The molecule has 0 aliphatic heterocycles. The summed E-state index contributed by atoms with van der Waals surface area (Å²) >= 11 is 13.4. The van der Waals surface area contributed by atoms with Crippen molar-refractivity contribution in [1.82, 2.24) is 4.98 Å². The standard InChI is InChI=1S/C16H18Cl2N2O2S/c17-13-6-5-11(10-14(13)18)12(4-2-1-3-8-21)15(22)20-16-19-7-9-23-16/h5-7,9-10,12,21H,1-4,8H2,(H,19,20,22). The highest BCUT2D eigenvalue weighted by molar-refractivity contribution is 7.13. The maximum atomic E-state index is 12.6. The number of anilines is 1. The fraction of sp³-hybridized carbons (Fsp3) is 0.375. The normalized spacial score (nSPS) is 12.1. The van der Waals surface area contributed by atoms with Crippen LogP contribution in [0.5, 0.6) is 0 Å². The molecule has 0 aliphatic rings. The highest BCUT2D eigenvalue weighted by Crippen LogP contribution is 2.30. The largest absolute Gasteiger partial charge is 0.396 e. The molecule has 0 saturated carbocycles. The summed E-state index contributed by atoms with van der Waals surface area (Å²) in [5.41, 5.74) is 0.831. The molecule has 1 amide bonds. The fourth-order valence-corrected chi connectivity index (χ4v) is 3.13. The molecule has 2 aromatic rings. The third-order valence-corrected chi connectivity index (χ3v) is 4.90. The van der Waals surface area contributed by atoms with Gasteiger partial charge in [-0.05, 0) is 30.5 Å². The number of benzene rings is 1. The minimum atomic E-state index is -0.327. The van der Waals surface area contributed by atoms with Crippen LogP contribution >= 0.6 is 34.5 Å². The first-order valence-electron chi connectivity index (χ1n) is 7.38. The zero-order chi connectivity index (χ0) is 16.7. The van der Waals surface area contributed by atoms with Crippen LogP contribution in [0.1, 0.15) is 37.2 Å². The van der Waals surface area contributed by atoms with Crippen molar-refractivity contribution in [2.45, 2.75) is 31.6 Å². The summed E-state index contributed by atoms with van der Waals surface area (Å²) in [6, 6.07) is 5.27. The zero-order valence-electron chi connectivity index (χ0n) is 12.5. The van der Waals surface area contributed by atoms with Crippen molar-refractivity contribution in [2.24, 2.45) is 0 Å². The van der Waals surface area contributed by atoms with Gasteiger partial charge in [-0.1, -0.05) is 42.1 Å². The average molecular weight is 373 g/mol. The van der Waals surface area contributed by atoms with Gasteiger partial charge in [-0.3, -0.25) is 4.79 Å². The van der Waals surface area contributed by atoms with Gasteiger partial charge in [0.2, 0.25) is 5.91 Å². The number of amides is 1. The van der Waals surface area contributed by atoms with Crippen LogP contribution in [-0.2, 0) is 4.79 Å². The summed E-state index contributed by atoms with van der Waals surface area (Å²) in [6.45, 7) is 0.169. The van der Waals surface area contributed by atoms with Crippen molar-refractivity contribution in [1.29, 1.82) is 0 Å². The summed E-state index contributed by atoms with van der Waals surface area (Å²) in [7, 11) is 0. The van der Waals surface area contributed by atoms with E-state index in [2.05, 4.69) is 10.3 Å². The number of nitrogens with zero attached hydrogens (tertiary/aromatic N) is 1. The third-order valence-electron chi connectivity index (χ3n) is 3.48. The molecular weight excluding hydrogens is 355 g/mol. The van der Waals surface area contributed by atoms with Gasteiger partial charge in [0.15, 0.2) is 5.13 Å². The molecule has 1 atom stereocenters. The quantitative estimate of drug-likeness (QED) is 0.658. The van der Waals surface area contributed by atoms with E-state index in [0.717, 1.165) is 24.8 Å². The Morgan fingerprint density at radius 2 is 2.09 bits per heavy atom. The number of unbranched alkanes of at least 4 members (excludes halogenated alkanes) is 2. The van der Waals surface area contributed by atoms with E-state index in [9.17, 15) is 4.79 Å². The van der Waals surface area contributed by atoms with Gasteiger partial charge in [0.25, 0.3) is 0 Å². The average Bonchev–Trinajstić information content (AvgIpc) is 3.03. The van der Waals surface area contributed by atoms with Crippen LogP contribution in [0.4, 0.5) is 5.13 Å². The van der Waals surface area contributed by atoms with E-state index in [1.165, 1.54) is 11.3 Å². The van der Waals surface area contributed by atoms with Gasteiger partial charge >= 0.3 is 0 Å². The molecule has 1 aromatic heterocycles. The second-order valence-electron chi connectivity index (χ2n) is 5.13. The molecule has 0 spiro atoms. The lowest BCUT2D eigenvalue weighted by atomic mass is 9.92. The molecule has 2 rings (SSSR count). The number of aliphatic hydroxyl groups is 1. The Bertz CT molecular complexity index is 635. The Kier molecular flexibility index (Phi) is 7.30. The maximum absolute atomic E-state index is 12.6. The van der Waals surface area contributed by atoms with Gasteiger partial charge in [0.1, 0.15) is 0 Å². The van der Waals surface area contributed by atoms with Gasteiger partial charge in [-0.15, -0.1) is 11.3 Å². The molecule has 4 nitrogen and oxygen atoms in total. The van der Waals surface area contributed by atoms with E-state index in [0.29, 0.717) is 21.6 Å². The Morgan fingerprint density at radius 1 is 1.26 bits per heavy atom. The molecule has 2 N–H and O–H groups in total. The number of hydrogen-bond donors (Lipinski definition) is 2. The van der Waals surface area contributed by atoms with Crippen LogP contribution in [0.2, 0.25) is 10.0 Å². The lowest BCUT2D eigenvalue weighted by Gasteiger charge is -2.17. The SMILES string of the molecule is O=C(Nc1nccs1)C(CCCCCO)c1ccc(Cl)c(Cl)c1. The molecule has 0 saturated heterocycles. The van der Waals surface area contributed by atoms with E-state index < -0.39 is 0 Å². The second-order valence-corrected chi connectivity index (χ2v) is 6.83. The van der Waals surface area contributed by atoms with Gasteiger partial charge in [0, 0.05) is 18.2 Å². The van der Waals surface area contributed by atoms with Crippen molar-refractivity contribution in [3.63, 3.8) is 0 Å². The van der Waals surface area contributed by atoms with Crippen LogP contribution in [-0.4, -0.2) is 22.6 Å². The first kappa shape index (κ1) is 18.2. The van der Waals surface area contributed by atoms with Crippen LogP contribution in [0.25, 0.3) is 0 Å². The van der Waals surface area contributed by atoms with Crippen molar-refractivity contribution in [2.75, 3.05) is 11.9 Å². The summed E-state index contributed by atoms with van der Waals surface area (Å²) in [5, 5.41) is 15.0. The molecule has 124 valence electrons. The molecule has 1 unspecified atom stereocenters. The van der Waals surface area contributed by atoms with Crippen molar-refractivity contribution in [3.05, 3.63) is 45.4 Å². The lowest BCUT2D eigenvalue weighted by molar-refractivity contribution is -0.117. The predicted octanol–water partition coefficient (Wildman–Crippen LogP) is 4.72. The minimum absolute atomic E-state index is 0.109. The van der Waals surface area contributed by atoms with Crippen LogP contribution in [0.15, 0.2) is 29.8 Å². The van der Waals surface area contributed by atoms with Crippen molar-refractivity contribution < 1.29 is 9.90 Å². The number of hydrogen-bond acceptors (Lipinski definition) is 4. The number of carbonyl (C=O) groups excluding carboxylic acids is 1. The number of aromatic nitrogens is 1. The Labute approximate surface area is 149 Å². The molecular formula is C16H18Cl2N2O2S. The number of rotatable bonds is 8. The van der Waals surface area contributed by atoms with Crippen LogP contribution in [0, 0.1) is 0 Å². The van der Waals surface area contributed by atoms with Crippen LogP contribution < -0.4 is 5.32 Å². The number of nitrogens with one attached hydrogen (secondary N) is 1. The Balaban J connectivity index is 2.12. The third kappa shape index (κ3) is 5.46. The van der Waals surface area contributed by atoms with E-state index in [-0.39, 0.29) is 18.4 Å². The highest BCUT2D eigenvalue weighted by Gasteiger charge is 2.22. The summed E-state index contributed by atoms with van der Waals surface area (Å²) in [6.07, 6.45) is 4.78. The van der Waals surface area contributed by atoms with Crippen molar-refractivity contribution >= 4 is 45.6 Å². The molecule has 1 aromatic carbocycles. The number of thiazole rings is 1. The first-order chi connectivity index (χ1) is 11.1. The summed E-state index contributed by atoms with van der Waals surface area (Å²) < 4.78 is 0. The van der Waals surface area contributed by atoms with Crippen LogP contribution in [0.3, 0.4) is 0 Å². The number of carbonyl (C=O) groups is 1. The highest BCUT2D eigenvalue weighted by atomic mass is 35.5. The molecule has 0 fully saturated rings. The molecule has 7 heteroatoms. The maximum Gasteiger partial charge on any atom is 0.233 e. The predicted molar refractivity (Wildman–Crippen MR) is 95.5 cm³/mol. The Morgan fingerprint density at radius 3 is 2.74 bits per heavy atom. The number of aliphatic hydroxyl groups excluding tert-OH is 1. The van der Waals surface area contributed by atoms with E-state index in [1.807, 2.05) is 11.4 Å². The molecule has 0 radical (unpaired) electrons. The second kappa shape index (κ2) is 9.23. The van der Waals surface area contributed by atoms with E-state index >= 15 is 0 Å². The van der Waals surface area contributed by atoms with E-state index in [1.54, 1.807) is 18.3 Å². The fourth-order valence-electron chi connectivity index (χ4n) is 2.29. The topological polar surface area (TPSA) is 62.2 Å². The minimum Gasteiger partial charge on any atom is -0.396 e. The van der Waals surface area contributed by atoms with Gasteiger partial charge in [-0.2, -0.15) is 0 Å². The lowest BCUT2D eigenvalue weighted by Crippen LogP contribution is -2.21. The molecule has 0 aliphatic carbocycles. The molecule has 23 heavy (non-hydrogen) atoms. The molecule has 1 heterocycles. The van der Waals surface area contributed by atoms with Gasteiger partial charge < -0.3 is 10.4 Å². The zero-order valence-corrected chi connectivity index (χ0v) is 14.8. The number of halogens is 2. The van der Waals surface area contributed by atoms with E-state index in [4.69, 9.17) is 28.3 Å². The monoisotopic (exact) mass is 372 g/mol. The van der Waals surface area contributed by atoms with Gasteiger partial charge in [0.05, 0.1) is 16.0 Å².